The molecule has 0 aliphatic carbocycles. The summed E-state index contributed by atoms with van der Waals surface area (Å²) in [5.74, 6) is -0.805. The van der Waals surface area contributed by atoms with Gasteiger partial charge in [-0.05, 0) is 0 Å². The summed E-state index contributed by atoms with van der Waals surface area (Å²) >= 11 is 0. The normalized spacial score (nSPS) is 18.8. The molecule has 0 aromatic rings. The Morgan fingerprint density at radius 2 is 2.00 bits per heavy atom. The van der Waals surface area contributed by atoms with E-state index in [4.69, 9.17) is 10.4 Å². The van der Waals surface area contributed by atoms with Crippen molar-refractivity contribution in [3.8, 4) is 6.19 Å². The van der Waals surface area contributed by atoms with E-state index >= 15 is 0 Å². The van der Waals surface area contributed by atoms with E-state index < -0.39 is 5.97 Å². The smallest absolute Gasteiger partial charge is 0.317 e. The second-order valence-corrected chi connectivity index (χ2v) is 2.76. The van der Waals surface area contributed by atoms with Gasteiger partial charge < -0.3 is 10.0 Å². The van der Waals surface area contributed by atoms with Gasteiger partial charge in [-0.3, -0.25) is 9.69 Å². The Bertz CT molecular complexity index is 203. The summed E-state index contributed by atoms with van der Waals surface area (Å²) in [5, 5.41) is 17.0. The van der Waals surface area contributed by atoms with Crippen LogP contribution >= 0.6 is 0 Å². The molecule has 0 bridgehead atoms. The van der Waals surface area contributed by atoms with Crippen LogP contribution in [0, 0.1) is 11.5 Å². The highest BCUT2D eigenvalue weighted by molar-refractivity contribution is 5.69. The van der Waals surface area contributed by atoms with Crippen LogP contribution in [0.4, 0.5) is 0 Å². The van der Waals surface area contributed by atoms with E-state index in [1.54, 1.807) is 4.90 Å². The van der Waals surface area contributed by atoms with Crippen LogP contribution in [-0.4, -0.2) is 53.6 Å². The minimum Gasteiger partial charge on any atom is -0.480 e. The first-order valence-electron chi connectivity index (χ1n) is 3.81. The van der Waals surface area contributed by atoms with Crippen LogP contribution in [0.5, 0.6) is 0 Å². The SMILES string of the molecule is N#CN1CCN(CC(=O)O)CC1. The van der Waals surface area contributed by atoms with E-state index in [1.165, 1.54) is 0 Å². The summed E-state index contributed by atoms with van der Waals surface area (Å²) in [6.07, 6.45) is 2.04. The summed E-state index contributed by atoms with van der Waals surface area (Å²) in [6, 6.07) is 0. The van der Waals surface area contributed by atoms with E-state index in [2.05, 4.69) is 0 Å². The first kappa shape index (κ1) is 8.81. The average Bonchev–Trinajstić information content (AvgIpc) is 2.05. The fraction of sp³-hybridized carbons (Fsp3) is 0.714. The second kappa shape index (κ2) is 3.93. The first-order chi connectivity index (χ1) is 5.72. The van der Waals surface area contributed by atoms with Gasteiger partial charge in [0.25, 0.3) is 0 Å². The van der Waals surface area contributed by atoms with Gasteiger partial charge in [0.15, 0.2) is 6.19 Å². The lowest BCUT2D eigenvalue weighted by molar-refractivity contribution is -0.138. The standard InChI is InChI=1S/C7H11N3O2/c8-6-10-3-1-9(2-4-10)5-7(11)12/h1-5H2,(H,11,12). The van der Waals surface area contributed by atoms with Crippen LogP contribution in [0.1, 0.15) is 0 Å². The van der Waals surface area contributed by atoms with Crippen LogP contribution in [-0.2, 0) is 4.79 Å². The molecule has 0 amide bonds. The van der Waals surface area contributed by atoms with Crippen molar-refractivity contribution in [3.63, 3.8) is 0 Å². The third-order valence-electron chi connectivity index (χ3n) is 1.87. The van der Waals surface area contributed by atoms with Crippen molar-refractivity contribution in [2.24, 2.45) is 0 Å². The van der Waals surface area contributed by atoms with Crippen LogP contribution in [0.25, 0.3) is 0 Å². The van der Waals surface area contributed by atoms with Gasteiger partial charge in [-0.25, -0.2) is 0 Å². The lowest BCUT2D eigenvalue weighted by atomic mass is 10.3. The van der Waals surface area contributed by atoms with Gasteiger partial charge >= 0.3 is 5.97 Å². The van der Waals surface area contributed by atoms with Gasteiger partial charge in [0.2, 0.25) is 0 Å². The van der Waals surface area contributed by atoms with Crippen LogP contribution in [0.3, 0.4) is 0 Å². The molecule has 0 aromatic carbocycles. The summed E-state index contributed by atoms with van der Waals surface area (Å²) in [7, 11) is 0. The topological polar surface area (TPSA) is 67.6 Å². The number of aliphatic carboxylic acids is 1. The molecule has 1 aliphatic heterocycles. The summed E-state index contributed by atoms with van der Waals surface area (Å²) in [6.45, 7) is 2.70. The molecule has 1 fully saturated rings. The highest BCUT2D eigenvalue weighted by Gasteiger charge is 2.16. The second-order valence-electron chi connectivity index (χ2n) is 2.76. The highest BCUT2D eigenvalue weighted by atomic mass is 16.4. The molecule has 5 heteroatoms. The Labute approximate surface area is 70.8 Å². The Kier molecular flexibility index (Phi) is 2.88. The fourth-order valence-electron chi connectivity index (χ4n) is 1.20. The molecule has 12 heavy (non-hydrogen) atoms. The zero-order chi connectivity index (χ0) is 8.97. The molecule has 0 spiro atoms. The molecule has 0 saturated carbocycles. The molecular formula is C7H11N3O2. The molecule has 1 aliphatic rings. The predicted octanol–water partition coefficient (Wildman–Crippen LogP) is -0.830. The molecular weight excluding hydrogens is 158 g/mol. The molecule has 1 N–H and O–H groups in total. The summed E-state index contributed by atoms with van der Waals surface area (Å²) < 4.78 is 0. The molecule has 66 valence electrons. The van der Waals surface area contributed by atoms with Gasteiger partial charge in [-0.15, -0.1) is 0 Å². The maximum Gasteiger partial charge on any atom is 0.317 e. The number of carboxylic acids is 1. The average molecular weight is 169 g/mol. The number of hydrogen-bond donors (Lipinski definition) is 1. The largest absolute Gasteiger partial charge is 0.480 e. The number of hydrogen-bond acceptors (Lipinski definition) is 4. The van der Waals surface area contributed by atoms with Gasteiger partial charge in [0, 0.05) is 26.2 Å². The monoisotopic (exact) mass is 169 g/mol. The van der Waals surface area contributed by atoms with E-state index in [1.807, 2.05) is 11.1 Å². The maximum absolute atomic E-state index is 10.3. The van der Waals surface area contributed by atoms with Gasteiger partial charge in [0.05, 0.1) is 6.54 Å². The number of piperazine rings is 1. The Morgan fingerprint density at radius 3 is 2.42 bits per heavy atom. The lowest BCUT2D eigenvalue weighted by Gasteiger charge is -2.30. The molecule has 0 radical (unpaired) electrons. The fourth-order valence-corrected chi connectivity index (χ4v) is 1.20. The van der Waals surface area contributed by atoms with Gasteiger partial charge in [-0.2, -0.15) is 5.26 Å². The zero-order valence-electron chi connectivity index (χ0n) is 6.73. The van der Waals surface area contributed by atoms with Crippen LogP contribution < -0.4 is 0 Å². The minimum atomic E-state index is -0.805. The zero-order valence-corrected chi connectivity index (χ0v) is 6.73. The molecule has 0 atom stereocenters. The quantitative estimate of drug-likeness (QED) is 0.546. The van der Waals surface area contributed by atoms with Crippen LogP contribution in [0.15, 0.2) is 0 Å². The van der Waals surface area contributed by atoms with Crippen molar-refractivity contribution in [2.45, 2.75) is 0 Å². The molecule has 1 saturated heterocycles. The van der Waals surface area contributed by atoms with E-state index in [0.29, 0.717) is 26.2 Å². The highest BCUT2D eigenvalue weighted by Crippen LogP contribution is 1.98. The third kappa shape index (κ3) is 2.40. The Hall–Kier alpha value is -1.28. The van der Waals surface area contributed by atoms with Gasteiger partial charge in [-0.1, -0.05) is 0 Å². The predicted molar refractivity (Wildman–Crippen MR) is 41.3 cm³/mol. The van der Waals surface area contributed by atoms with E-state index in [9.17, 15) is 4.79 Å². The van der Waals surface area contributed by atoms with E-state index in [0.717, 1.165) is 0 Å². The summed E-state index contributed by atoms with van der Waals surface area (Å²) in [5.41, 5.74) is 0. The number of nitriles is 1. The molecule has 0 aromatic heterocycles. The van der Waals surface area contributed by atoms with Crippen molar-refractivity contribution in [2.75, 3.05) is 32.7 Å². The first-order valence-corrected chi connectivity index (χ1v) is 3.81. The number of nitrogens with zero attached hydrogens (tertiary/aromatic N) is 3. The van der Waals surface area contributed by atoms with Crippen molar-refractivity contribution >= 4 is 5.97 Å². The molecule has 1 heterocycles. The minimum absolute atomic E-state index is 0.0826. The number of carboxylic acid groups (broad SMARTS) is 1. The number of carbonyl (C=O) groups is 1. The Morgan fingerprint density at radius 1 is 1.42 bits per heavy atom. The van der Waals surface area contributed by atoms with Crippen molar-refractivity contribution in [3.05, 3.63) is 0 Å². The maximum atomic E-state index is 10.3. The van der Waals surface area contributed by atoms with Crippen molar-refractivity contribution in [1.29, 1.82) is 5.26 Å². The van der Waals surface area contributed by atoms with Crippen molar-refractivity contribution in [1.82, 2.24) is 9.80 Å². The van der Waals surface area contributed by atoms with Gasteiger partial charge in [0.1, 0.15) is 0 Å². The molecule has 5 nitrogen and oxygen atoms in total. The van der Waals surface area contributed by atoms with E-state index in [-0.39, 0.29) is 6.54 Å². The van der Waals surface area contributed by atoms with Crippen molar-refractivity contribution < 1.29 is 9.90 Å². The van der Waals surface area contributed by atoms with Crippen LogP contribution in [0.2, 0.25) is 0 Å². The third-order valence-corrected chi connectivity index (χ3v) is 1.87. The summed E-state index contributed by atoms with van der Waals surface area (Å²) in [4.78, 5) is 13.8. The molecule has 0 unspecified atom stereocenters. The Balaban J connectivity index is 2.27. The molecule has 1 rings (SSSR count). The number of rotatable bonds is 2. The lowest BCUT2D eigenvalue weighted by Crippen LogP contribution is -2.45.